The fraction of sp³-hybridized carbons (Fsp3) is 0.562. The van der Waals surface area contributed by atoms with Crippen LogP contribution in [-0.4, -0.2) is 43.5 Å². The largest absolute Gasteiger partial charge is 0.376 e. The van der Waals surface area contributed by atoms with Crippen LogP contribution >= 0.6 is 24.8 Å². The van der Waals surface area contributed by atoms with Gasteiger partial charge in [-0.1, -0.05) is 18.2 Å². The molecule has 1 amide bonds. The van der Waals surface area contributed by atoms with E-state index in [2.05, 4.69) is 36.6 Å². The highest BCUT2D eigenvalue weighted by Crippen LogP contribution is 2.20. The Bertz CT molecular complexity index is 462. The molecule has 0 aliphatic carbocycles. The lowest BCUT2D eigenvalue weighted by Gasteiger charge is -2.25. The number of nitrogens with zero attached hydrogens (tertiary/aromatic N) is 1. The van der Waals surface area contributed by atoms with Gasteiger partial charge in [0, 0.05) is 24.8 Å². The van der Waals surface area contributed by atoms with Crippen molar-refractivity contribution in [1.29, 1.82) is 0 Å². The average molecular weight is 348 g/mol. The molecule has 1 aromatic rings. The predicted molar refractivity (Wildman–Crippen MR) is 97.6 cm³/mol. The second-order valence-electron chi connectivity index (χ2n) is 5.56. The zero-order valence-electron chi connectivity index (χ0n) is 13.5. The van der Waals surface area contributed by atoms with Gasteiger partial charge in [-0.2, -0.15) is 0 Å². The first-order chi connectivity index (χ1) is 9.63. The van der Waals surface area contributed by atoms with Crippen LogP contribution in [0, 0.1) is 13.8 Å². The molecule has 1 aromatic carbocycles. The summed E-state index contributed by atoms with van der Waals surface area (Å²) in [5.74, 6) is 0.199. The summed E-state index contributed by atoms with van der Waals surface area (Å²) in [6, 6.07) is 6.53. The molecule has 2 rings (SSSR count). The molecule has 0 radical (unpaired) electrons. The van der Waals surface area contributed by atoms with Crippen molar-refractivity contribution in [3.8, 4) is 0 Å². The normalized spacial score (nSPS) is 16.7. The third-order valence-corrected chi connectivity index (χ3v) is 4.03. The number of hydrogen-bond donors (Lipinski definition) is 2. The molecule has 1 atom stereocenters. The summed E-state index contributed by atoms with van der Waals surface area (Å²) in [6.45, 7) is 6.29. The van der Waals surface area contributed by atoms with Gasteiger partial charge in [0.25, 0.3) is 0 Å². The Hall–Kier alpha value is -0.970. The van der Waals surface area contributed by atoms with Gasteiger partial charge in [-0.25, -0.2) is 0 Å². The first-order valence-corrected chi connectivity index (χ1v) is 7.37. The summed E-state index contributed by atoms with van der Waals surface area (Å²) in [4.78, 5) is 14.4. The maximum atomic E-state index is 12.4. The first-order valence-electron chi connectivity index (χ1n) is 7.37. The molecular formula is C16H27Cl2N3O. The Morgan fingerprint density at radius 2 is 1.91 bits per heavy atom. The number of aryl methyl sites for hydroxylation is 2. The monoisotopic (exact) mass is 347 g/mol. The van der Waals surface area contributed by atoms with Crippen LogP contribution in [0.25, 0.3) is 0 Å². The Morgan fingerprint density at radius 1 is 1.27 bits per heavy atom. The van der Waals surface area contributed by atoms with Crippen molar-refractivity contribution in [2.75, 3.05) is 32.0 Å². The van der Waals surface area contributed by atoms with Gasteiger partial charge in [0.05, 0.1) is 6.54 Å². The van der Waals surface area contributed by atoms with Crippen LogP contribution in [0.3, 0.4) is 0 Å². The highest BCUT2D eigenvalue weighted by molar-refractivity contribution is 5.85. The molecule has 0 bridgehead atoms. The Morgan fingerprint density at radius 3 is 2.50 bits per heavy atom. The zero-order chi connectivity index (χ0) is 14.5. The lowest BCUT2D eigenvalue weighted by atomic mass is 10.1. The molecule has 2 N–H and O–H groups in total. The van der Waals surface area contributed by atoms with Crippen LogP contribution in [0.4, 0.5) is 5.69 Å². The number of likely N-dealkylation sites (tertiary alicyclic amines) is 1. The molecule has 22 heavy (non-hydrogen) atoms. The van der Waals surface area contributed by atoms with E-state index in [-0.39, 0.29) is 30.7 Å². The molecular weight excluding hydrogens is 321 g/mol. The first kappa shape index (κ1) is 21.0. The van der Waals surface area contributed by atoms with Crippen molar-refractivity contribution >= 4 is 36.4 Å². The number of nitrogens with one attached hydrogen (secondary N) is 2. The quantitative estimate of drug-likeness (QED) is 0.860. The SMILES string of the molecule is CNCC1CCCN1C(=O)CNc1c(C)cccc1C.Cl.Cl. The van der Waals surface area contributed by atoms with E-state index in [1.54, 1.807) is 0 Å². The number of carbonyl (C=O) groups excluding carboxylic acids is 1. The highest BCUT2D eigenvalue weighted by atomic mass is 35.5. The van der Waals surface area contributed by atoms with Crippen molar-refractivity contribution in [3.05, 3.63) is 29.3 Å². The molecule has 1 fully saturated rings. The fourth-order valence-corrected chi connectivity index (χ4v) is 2.97. The van der Waals surface area contributed by atoms with Crippen LogP contribution in [0.15, 0.2) is 18.2 Å². The predicted octanol–water partition coefficient (Wildman–Crippen LogP) is 2.77. The standard InChI is InChI=1S/C16H25N3O.2ClH/c1-12-6-4-7-13(2)16(12)18-11-15(20)19-9-5-8-14(19)10-17-3;;/h4,6-7,14,17-18H,5,8-11H2,1-3H3;2*1H. The number of halogens is 2. The summed E-state index contributed by atoms with van der Waals surface area (Å²) < 4.78 is 0. The minimum atomic E-state index is 0. The molecule has 1 heterocycles. The highest BCUT2D eigenvalue weighted by Gasteiger charge is 2.27. The van der Waals surface area contributed by atoms with Crippen LogP contribution in [0.2, 0.25) is 0 Å². The van der Waals surface area contributed by atoms with E-state index in [9.17, 15) is 4.79 Å². The van der Waals surface area contributed by atoms with Crippen molar-refractivity contribution < 1.29 is 4.79 Å². The Labute approximate surface area is 145 Å². The minimum Gasteiger partial charge on any atom is -0.376 e. The maximum absolute atomic E-state index is 12.4. The Kier molecular flexibility index (Phi) is 9.49. The van der Waals surface area contributed by atoms with Gasteiger partial charge >= 0.3 is 0 Å². The maximum Gasteiger partial charge on any atom is 0.242 e. The summed E-state index contributed by atoms with van der Waals surface area (Å²) in [7, 11) is 1.94. The van der Waals surface area contributed by atoms with Crippen molar-refractivity contribution in [3.63, 3.8) is 0 Å². The molecule has 126 valence electrons. The molecule has 4 nitrogen and oxygen atoms in total. The van der Waals surface area contributed by atoms with Crippen molar-refractivity contribution in [2.45, 2.75) is 32.7 Å². The van der Waals surface area contributed by atoms with E-state index < -0.39 is 0 Å². The lowest BCUT2D eigenvalue weighted by molar-refractivity contribution is -0.130. The summed E-state index contributed by atoms with van der Waals surface area (Å²) in [5.41, 5.74) is 3.46. The van der Waals surface area contributed by atoms with Gasteiger partial charge in [-0.15, -0.1) is 24.8 Å². The summed E-state index contributed by atoms with van der Waals surface area (Å²) >= 11 is 0. The second-order valence-corrected chi connectivity index (χ2v) is 5.56. The number of anilines is 1. The molecule has 0 aromatic heterocycles. The van der Waals surface area contributed by atoms with E-state index >= 15 is 0 Å². The molecule has 0 saturated carbocycles. The second kappa shape index (κ2) is 9.93. The summed E-state index contributed by atoms with van der Waals surface area (Å²) in [5, 5.41) is 6.48. The number of para-hydroxylation sites is 1. The molecule has 6 heteroatoms. The van der Waals surface area contributed by atoms with Crippen molar-refractivity contribution in [2.24, 2.45) is 0 Å². The van der Waals surface area contributed by atoms with E-state index in [4.69, 9.17) is 0 Å². The van der Waals surface area contributed by atoms with Crippen molar-refractivity contribution in [1.82, 2.24) is 10.2 Å². The van der Waals surface area contributed by atoms with Crippen LogP contribution in [0.5, 0.6) is 0 Å². The third kappa shape index (κ3) is 5.04. The van der Waals surface area contributed by atoms with E-state index in [1.807, 2.05) is 18.0 Å². The topological polar surface area (TPSA) is 44.4 Å². The van der Waals surface area contributed by atoms with Gasteiger partial charge in [0.2, 0.25) is 5.91 Å². The zero-order valence-corrected chi connectivity index (χ0v) is 15.1. The number of carbonyl (C=O) groups is 1. The van der Waals surface area contributed by atoms with Gasteiger partial charge in [0.15, 0.2) is 0 Å². The van der Waals surface area contributed by atoms with Gasteiger partial charge in [-0.3, -0.25) is 4.79 Å². The molecule has 1 saturated heterocycles. The number of amides is 1. The van der Waals surface area contributed by atoms with Crippen LogP contribution < -0.4 is 10.6 Å². The molecule has 1 aliphatic heterocycles. The third-order valence-electron chi connectivity index (χ3n) is 4.03. The Balaban J connectivity index is 0.00000220. The number of rotatable bonds is 5. The summed E-state index contributed by atoms with van der Waals surface area (Å²) in [6.07, 6.45) is 2.22. The lowest BCUT2D eigenvalue weighted by Crippen LogP contribution is -2.43. The van der Waals surface area contributed by atoms with E-state index in [0.29, 0.717) is 12.6 Å². The molecule has 1 unspecified atom stereocenters. The van der Waals surface area contributed by atoms with Gasteiger partial charge < -0.3 is 15.5 Å². The van der Waals surface area contributed by atoms with Crippen LogP contribution in [-0.2, 0) is 4.79 Å². The van der Waals surface area contributed by atoms with Crippen LogP contribution in [0.1, 0.15) is 24.0 Å². The average Bonchev–Trinajstić information content (AvgIpc) is 2.87. The minimum absolute atomic E-state index is 0. The smallest absolute Gasteiger partial charge is 0.242 e. The van der Waals surface area contributed by atoms with Gasteiger partial charge in [-0.05, 0) is 44.9 Å². The van der Waals surface area contributed by atoms with E-state index in [0.717, 1.165) is 31.6 Å². The number of benzene rings is 1. The number of hydrogen-bond acceptors (Lipinski definition) is 3. The van der Waals surface area contributed by atoms with Gasteiger partial charge in [0.1, 0.15) is 0 Å². The molecule has 0 spiro atoms. The number of likely N-dealkylation sites (N-methyl/N-ethyl adjacent to an activating group) is 1. The van der Waals surface area contributed by atoms with E-state index in [1.165, 1.54) is 11.1 Å². The fourth-order valence-electron chi connectivity index (χ4n) is 2.97. The molecule has 1 aliphatic rings.